The molecule has 0 aliphatic carbocycles. The molecule has 0 atom stereocenters. The summed E-state index contributed by atoms with van der Waals surface area (Å²) < 4.78 is 39.3. The lowest BCUT2D eigenvalue weighted by Crippen LogP contribution is -2.30. The first kappa shape index (κ1) is 15.1. The van der Waals surface area contributed by atoms with Gasteiger partial charge in [-0.15, -0.1) is 0 Å². The molecule has 1 rings (SSSR count). The second kappa shape index (κ2) is 6.26. The molecule has 0 aliphatic rings. The Kier molecular flexibility index (Phi) is 5.25. The first-order chi connectivity index (χ1) is 8.47. The van der Waals surface area contributed by atoms with Gasteiger partial charge in [-0.05, 0) is 25.2 Å². The summed E-state index contributed by atoms with van der Waals surface area (Å²) in [6, 6.07) is 3.89. The molecule has 6 heteroatoms. The first-order valence-electron chi connectivity index (χ1n) is 5.90. The van der Waals surface area contributed by atoms with Crippen LogP contribution in [0.25, 0.3) is 0 Å². The van der Waals surface area contributed by atoms with E-state index in [1.165, 1.54) is 22.5 Å². The summed E-state index contributed by atoms with van der Waals surface area (Å²) in [7, 11) is -1.83. The van der Waals surface area contributed by atoms with E-state index in [2.05, 4.69) is 5.32 Å². The van der Waals surface area contributed by atoms with Gasteiger partial charge in [-0.3, -0.25) is 0 Å². The molecule has 102 valence electrons. The summed E-state index contributed by atoms with van der Waals surface area (Å²) in [5, 5.41) is 2.81. The summed E-state index contributed by atoms with van der Waals surface area (Å²) in [6.45, 7) is 4.65. The van der Waals surface area contributed by atoms with Gasteiger partial charge in [0.25, 0.3) is 0 Å². The van der Waals surface area contributed by atoms with Crippen LogP contribution < -0.4 is 5.32 Å². The smallest absolute Gasteiger partial charge is 0.243 e. The minimum absolute atomic E-state index is 0.137. The third kappa shape index (κ3) is 3.07. The van der Waals surface area contributed by atoms with Crippen LogP contribution in [0.4, 0.5) is 4.39 Å². The van der Waals surface area contributed by atoms with Gasteiger partial charge >= 0.3 is 0 Å². The zero-order valence-electron chi connectivity index (χ0n) is 10.9. The molecule has 0 aliphatic heterocycles. The lowest BCUT2D eigenvalue weighted by atomic mass is 10.2. The molecule has 0 saturated carbocycles. The van der Waals surface area contributed by atoms with Gasteiger partial charge in [-0.2, -0.15) is 4.31 Å². The van der Waals surface area contributed by atoms with Crippen LogP contribution in [0, 0.1) is 5.82 Å². The summed E-state index contributed by atoms with van der Waals surface area (Å²) in [4.78, 5) is 0.137. The monoisotopic (exact) mass is 274 g/mol. The van der Waals surface area contributed by atoms with Crippen LogP contribution in [0.15, 0.2) is 23.1 Å². The molecule has 0 bridgehead atoms. The Bertz CT molecular complexity index is 499. The Morgan fingerprint density at radius 3 is 2.39 bits per heavy atom. The lowest BCUT2D eigenvalue weighted by Gasteiger charge is -2.19. The van der Waals surface area contributed by atoms with Gasteiger partial charge < -0.3 is 5.32 Å². The number of hydrogen-bond acceptors (Lipinski definition) is 3. The van der Waals surface area contributed by atoms with Gasteiger partial charge in [0.2, 0.25) is 10.0 Å². The van der Waals surface area contributed by atoms with E-state index < -0.39 is 15.8 Å². The molecular formula is C12H19FN2O2S. The molecule has 0 heterocycles. The van der Waals surface area contributed by atoms with Gasteiger partial charge in [-0.25, -0.2) is 12.8 Å². The van der Waals surface area contributed by atoms with Crippen molar-refractivity contribution < 1.29 is 12.8 Å². The Labute approximate surface area is 108 Å². The highest BCUT2D eigenvalue weighted by Gasteiger charge is 2.22. The van der Waals surface area contributed by atoms with Crippen LogP contribution >= 0.6 is 0 Å². The SMILES string of the molecule is CCN(CC)S(=O)(=O)c1ccc(F)c(CNC)c1. The van der Waals surface area contributed by atoms with E-state index in [0.717, 1.165) is 0 Å². The van der Waals surface area contributed by atoms with E-state index >= 15 is 0 Å². The average molecular weight is 274 g/mol. The molecule has 0 amide bonds. The number of halogens is 1. The number of benzene rings is 1. The predicted molar refractivity (Wildman–Crippen MR) is 69.3 cm³/mol. The second-order valence-corrected chi connectivity index (χ2v) is 5.81. The van der Waals surface area contributed by atoms with Crippen LogP contribution in [-0.4, -0.2) is 32.9 Å². The number of sulfonamides is 1. The van der Waals surface area contributed by atoms with E-state index in [-0.39, 0.29) is 4.90 Å². The minimum atomic E-state index is -3.52. The zero-order chi connectivity index (χ0) is 13.8. The molecule has 18 heavy (non-hydrogen) atoms. The van der Waals surface area contributed by atoms with Crippen molar-refractivity contribution in [3.8, 4) is 0 Å². The Morgan fingerprint density at radius 2 is 1.89 bits per heavy atom. The average Bonchev–Trinajstić information content (AvgIpc) is 2.33. The summed E-state index contributed by atoms with van der Waals surface area (Å²) >= 11 is 0. The van der Waals surface area contributed by atoms with Crippen molar-refractivity contribution in [2.24, 2.45) is 0 Å². The van der Waals surface area contributed by atoms with Crippen molar-refractivity contribution in [3.63, 3.8) is 0 Å². The fourth-order valence-corrected chi connectivity index (χ4v) is 3.26. The number of nitrogens with one attached hydrogen (secondary N) is 1. The third-order valence-electron chi connectivity index (χ3n) is 2.73. The second-order valence-electron chi connectivity index (χ2n) is 3.87. The molecule has 1 aromatic rings. The highest BCUT2D eigenvalue weighted by atomic mass is 32.2. The molecule has 0 spiro atoms. The molecular weight excluding hydrogens is 255 g/mol. The van der Waals surface area contributed by atoms with E-state index in [0.29, 0.717) is 25.2 Å². The van der Waals surface area contributed by atoms with Gasteiger partial charge in [0.1, 0.15) is 5.82 Å². The van der Waals surface area contributed by atoms with Crippen LogP contribution in [0.2, 0.25) is 0 Å². The van der Waals surface area contributed by atoms with Crippen molar-refractivity contribution in [2.45, 2.75) is 25.3 Å². The van der Waals surface area contributed by atoms with Crippen molar-refractivity contribution in [1.82, 2.24) is 9.62 Å². The first-order valence-corrected chi connectivity index (χ1v) is 7.34. The highest BCUT2D eigenvalue weighted by molar-refractivity contribution is 7.89. The molecule has 0 unspecified atom stereocenters. The summed E-state index contributed by atoms with van der Waals surface area (Å²) in [6.07, 6.45) is 0. The topological polar surface area (TPSA) is 49.4 Å². The van der Waals surface area contributed by atoms with Crippen LogP contribution in [0.1, 0.15) is 19.4 Å². The number of nitrogens with zero attached hydrogens (tertiary/aromatic N) is 1. The lowest BCUT2D eigenvalue weighted by molar-refractivity contribution is 0.445. The maximum atomic E-state index is 13.5. The largest absolute Gasteiger partial charge is 0.316 e. The minimum Gasteiger partial charge on any atom is -0.316 e. The normalized spacial score (nSPS) is 12.1. The fraction of sp³-hybridized carbons (Fsp3) is 0.500. The summed E-state index contributed by atoms with van der Waals surface area (Å²) in [5.41, 5.74) is 0.353. The molecule has 0 aromatic heterocycles. The van der Waals surface area contributed by atoms with Crippen molar-refractivity contribution >= 4 is 10.0 Å². The maximum absolute atomic E-state index is 13.5. The molecule has 1 N–H and O–H groups in total. The highest BCUT2D eigenvalue weighted by Crippen LogP contribution is 2.19. The zero-order valence-corrected chi connectivity index (χ0v) is 11.7. The van der Waals surface area contributed by atoms with Crippen LogP contribution in [-0.2, 0) is 16.6 Å². The predicted octanol–water partition coefficient (Wildman–Crippen LogP) is 1.58. The Morgan fingerprint density at radius 1 is 1.28 bits per heavy atom. The van der Waals surface area contributed by atoms with Crippen molar-refractivity contribution in [3.05, 3.63) is 29.6 Å². The fourth-order valence-electron chi connectivity index (χ4n) is 1.75. The standard InChI is InChI=1S/C12H19FN2O2S/c1-4-15(5-2)18(16,17)11-6-7-12(13)10(8-11)9-14-3/h6-8,14H,4-5,9H2,1-3H3. The van der Waals surface area contributed by atoms with E-state index in [4.69, 9.17) is 0 Å². The summed E-state index contributed by atoms with van der Waals surface area (Å²) in [5.74, 6) is -0.400. The quantitative estimate of drug-likeness (QED) is 0.856. The van der Waals surface area contributed by atoms with Gasteiger partial charge in [0.05, 0.1) is 4.90 Å². The van der Waals surface area contributed by atoms with Crippen LogP contribution in [0.5, 0.6) is 0 Å². The molecule has 0 radical (unpaired) electrons. The van der Waals surface area contributed by atoms with Crippen LogP contribution in [0.3, 0.4) is 0 Å². The van der Waals surface area contributed by atoms with E-state index in [9.17, 15) is 12.8 Å². The Hall–Kier alpha value is -0.980. The van der Waals surface area contributed by atoms with E-state index in [1.807, 2.05) is 0 Å². The Balaban J connectivity index is 3.21. The number of rotatable bonds is 6. The van der Waals surface area contributed by atoms with Crippen molar-refractivity contribution in [2.75, 3.05) is 20.1 Å². The molecule has 0 fully saturated rings. The van der Waals surface area contributed by atoms with E-state index in [1.54, 1.807) is 20.9 Å². The maximum Gasteiger partial charge on any atom is 0.243 e. The van der Waals surface area contributed by atoms with Gasteiger partial charge in [0.15, 0.2) is 0 Å². The molecule has 1 aromatic carbocycles. The molecule has 4 nitrogen and oxygen atoms in total. The van der Waals surface area contributed by atoms with Gasteiger partial charge in [-0.1, -0.05) is 13.8 Å². The van der Waals surface area contributed by atoms with Crippen molar-refractivity contribution in [1.29, 1.82) is 0 Å². The molecule has 0 saturated heterocycles. The van der Waals surface area contributed by atoms with Gasteiger partial charge in [0, 0.05) is 25.2 Å². The third-order valence-corrected chi connectivity index (χ3v) is 4.77. The number of hydrogen-bond donors (Lipinski definition) is 1.